The third kappa shape index (κ3) is 3.16. The Balaban J connectivity index is 0.00000169. The van der Waals surface area contributed by atoms with Crippen LogP contribution in [-0.2, 0) is 0 Å². The van der Waals surface area contributed by atoms with Crippen molar-refractivity contribution in [2.45, 2.75) is 6.04 Å². The zero-order valence-electron chi connectivity index (χ0n) is 13.2. The second-order valence-corrected chi connectivity index (χ2v) is 5.55. The minimum atomic E-state index is 0. The average Bonchev–Trinajstić information content (AvgIpc) is 3.27. The molecule has 1 unspecified atom stereocenters. The van der Waals surface area contributed by atoms with Gasteiger partial charge in [-0.15, -0.1) is 12.4 Å². The first-order chi connectivity index (χ1) is 11.3. The van der Waals surface area contributed by atoms with Crippen LogP contribution in [0.15, 0.2) is 41.4 Å². The van der Waals surface area contributed by atoms with Gasteiger partial charge < -0.3 is 9.84 Å². The largest absolute Gasteiger partial charge is 0.334 e. The molecule has 1 aliphatic heterocycles. The maximum atomic E-state index is 5.43. The highest BCUT2D eigenvalue weighted by Gasteiger charge is 2.25. The minimum Gasteiger partial charge on any atom is -0.334 e. The second-order valence-electron chi connectivity index (χ2n) is 5.55. The zero-order chi connectivity index (χ0) is 15.6. The SMILES string of the molecule is CN1CCNCC1c1noc(-c2ccc(-n3cncn3)cc2)n1.Cl. The number of rotatable bonds is 3. The summed E-state index contributed by atoms with van der Waals surface area (Å²) in [6.07, 6.45) is 3.17. The van der Waals surface area contributed by atoms with E-state index >= 15 is 0 Å². The molecule has 0 aliphatic carbocycles. The Bertz CT molecular complexity index is 771. The van der Waals surface area contributed by atoms with Gasteiger partial charge in [-0.25, -0.2) is 9.67 Å². The smallest absolute Gasteiger partial charge is 0.257 e. The highest BCUT2D eigenvalue weighted by atomic mass is 35.5. The molecule has 2 aromatic heterocycles. The van der Waals surface area contributed by atoms with Crippen molar-refractivity contribution in [2.75, 3.05) is 26.7 Å². The van der Waals surface area contributed by atoms with Crippen LogP contribution in [0.25, 0.3) is 17.1 Å². The number of nitrogens with one attached hydrogen (secondary N) is 1. The number of hydrogen-bond donors (Lipinski definition) is 1. The first-order valence-corrected chi connectivity index (χ1v) is 7.51. The van der Waals surface area contributed by atoms with Crippen LogP contribution < -0.4 is 5.32 Å². The van der Waals surface area contributed by atoms with Crippen LogP contribution in [0.1, 0.15) is 11.9 Å². The van der Waals surface area contributed by atoms with Gasteiger partial charge in [0.15, 0.2) is 5.82 Å². The van der Waals surface area contributed by atoms with Gasteiger partial charge in [-0.05, 0) is 31.3 Å². The fraction of sp³-hybridized carbons (Fsp3) is 0.333. The van der Waals surface area contributed by atoms with E-state index in [0.717, 1.165) is 36.7 Å². The summed E-state index contributed by atoms with van der Waals surface area (Å²) < 4.78 is 7.13. The molecule has 1 atom stereocenters. The number of halogens is 1. The Morgan fingerprint density at radius 2 is 2.08 bits per heavy atom. The maximum Gasteiger partial charge on any atom is 0.257 e. The van der Waals surface area contributed by atoms with Crippen molar-refractivity contribution in [3.63, 3.8) is 0 Å². The summed E-state index contributed by atoms with van der Waals surface area (Å²) in [7, 11) is 2.08. The van der Waals surface area contributed by atoms with Crippen molar-refractivity contribution in [1.82, 2.24) is 35.1 Å². The van der Waals surface area contributed by atoms with E-state index in [0.29, 0.717) is 5.89 Å². The number of benzene rings is 1. The fourth-order valence-electron chi connectivity index (χ4n) is 2.68. The molecule has 1 fully saturated rings. The summed E-state index contributed by atoms with van der Waals surface area (Å²) in [6, 6.07) is 7.93. The molecule has 8 nitrogen and oxygen atoms in total. The van der Waals surface area contributed by atoms with Gasteiger partial charge in [-0.3, -0.25) is 4.90 Å². The average molecular weight is 348 g/mol. The lowest BCUT2D eigenvalue weighted by atomic mass is 10.2. The Kier molecular flexibility index (Phi) is 4.89. The topological polar surface area (TPSA) is 84.9 Å². The number of nitrogens with zero attached hydrogens (tertiary/aromatic N) is 6. The number of hydrogen-bond acceptors (Lipinski definition) is 7. The minimum absolute atomic E-state index is 0. The van der Waals surface area contributed by atoms with Crippen molar-refractivity contribution in [1.29, 1.82) is 0 Å². The molecule has 24 heavy (non-hydrogen) atoms. The van der Waals surface area contributed by atoms with Crippen LogP contribution in [0.4, 0.5) is 0 Å². The van der Waals surface area contributed by atoms with E-state index in [1.165, 1.54) is 6.33 Å². The standard InChI is InChI=1S/C15H17N7O.ClH/c1-21-7-6-16-8-13(21)14-19-15(23-20-14)11-2-4-12(5-3-11)22-10-17-9-18-22;/h2-5,9-10,13,16H,6-8H2,1H3;1H. The number of likely N-dealkylation sites (N-methyl/N-ethyl adjacent to an activating group) is 1. The molecule has 1 aliphatic rings. The van der Waals surface area contributed by atoms with E-state index in [-0.39, 0.29) is 18.4 Å². The Morgan fingerprint density at radius 1 is 1.25 bits per heavy atom. The molecule has 0 bridgehead atoms. The molecule has 3 aromatic rings. The van der Waals surface area contributed by atoms with E-state index in [1.807, 2.05) is 24.3 Å². The normalized spacial score (nSPS) is 18.3. The third-order valence-electron chi connectivity index (χ3n) is 4.05. The van der Waals surface area contributed by atoms with Crippen molar-refractivity contribution >= 4 is 12.4 Å². The summed E-state index contributed by atoms with van der Waals surface area (Å²) in [5, 5.41) is 11.6. The molecule has 0 amide bonds. The molecule has 1 saturated heterocycles. The van der Waals surface area contributed by atoms with Gasteiger partial charge >= 0.3 is 0 Å². The molecule has 0 radical (unpaired) electrons. The van der Waals surface area contributed by atoms with Crippen molar-refractivity contribution < 1.29 is 4.52 Å². The summed E-state index contributed by atoms with van der Waals surface area (Å²) in [5.74, 6) is 1.25. The molecule has 0 saturated carbocycles. The van der Waals surface area contributed by atoms with Gasteiger partial charge in [0.1, 0.15) is 12.7 Å². The number of aromatic nitrogens is 5. The molecule has 1 aromatic carbocycles. The molecular formula is C15H18ClN7O. The lowest BCUT2D eigenvalue weighted by molar-refractivity contribution is 0.190. The lowest BCUT2D eigenvalue weighted by Crippen LogP contribution is -2.44. The van der Waals surface area contributed by atoms with E-state index in [4.69, 9.17) is 4.52 Å². The lowest BCUT2D eigenvalue weighted by Gasteiger charge is -2.30. The van der Waals surface area contributed by atoms with Crippen molar-refractivity contribution in [3.8, 4) is 17.1 Å². The van der Waals surface area contributed by atoms with Crippen molar-refractivity contribution in [2.24, 2.45) is 0 Å². The van der Waals surface area contributed by atoms with Gasteiger partial charge in [0.25, 0.3) is 5.89 Å². The molecular weight excluding hydrogens is 330 g/mol. The summed E-state index contributed by atoms with van der Waals surface area (Å²) in [6.45, 7) is 2.79. The van der Waals surface area contributed by atoms with E-state index in [9.17, 15) is 0 Å². The van der Waals surface area contributed by atoms with Crippen LogP contribution in [0.5, 0.6) is 0 Å². The van der Waals surface area contributed by atoms with E-state index in [2.05, 4.69) is 37.5 Å². The van der Waals surface area contributed by atoms with Gasteiger partial charge in [0, 0.05) is 25.2 Å². The van der Waals surface area contributed by atoms with E-state index in [1.54, 1.807) is 11.0 Å². The van der Waals surface area contributed by atoms with E-state index < -0.39 is 0 Å². The number of piperazine rings is 1. The first-order valence-electron chi connectivity index (χ1n) is 7.51. The fourth-order valence-corrected chi connectivity index (χ4v) is 2.68. The molecule has 0 spiro atoms. The van der Waals surface area contributed by atoms with Crippen LogP contribution in [0.2, 0.25) is 0 Å². The molecule has 4 rings (SSSR count). The zero-order valence-corrected chi connectivity index (χ0v) is 14.0. The van der Waals surface area contributed by atoms with Crippen molar-refractivity contribution in [3.05, 3.63) is 42.7 Å². The first kappa shape index (κ1) is 16.6. The Labute approximate surface area is 145 Å². The predicted octanol–water partition coefficient (Wildman–Crippen LogP) is 1.32. The maximum absolute atomic E-state index is 5.43. The van der Waals surface area contributed by atoms with Crippen LogP contribution >= 0.6 is 12.4 Å². The summed E-state index contributed by atoms with van der Waals surface area (Å²) in [4.78, 5) is 10.7. The molecule has 9 heteroatoms. The monoisotopic (exact) mass is 347 g/mol. The third-order valence-corrected chi connectivity index (χ3v) is 4.05. The Hall–Kier alpha value is -2.29. The van der Waals surface area contributed by atoms with Gasteiger partial charge in [0.05, 0.1) is 11.7 Å². The van der Waals surface area contributed by atoms with Gasteiger partial charge in [-0.1, -0.05) is 5.16 Å². The molecule has 126 valence electrons. The van der Waals surface area contributed by atoms with Crippen LogP contribution in [0, 0.1) is 0 Å². The molecule has 1 N–H and O–H groups in total. The molecule has 3 heterocycles. The Morgan fingerprint density at radius 3 is 2.79 bits per heavy atom. The predicted molar refractivity (Wildman–Crippen MR) is 90.1 cm³/mol. The highest BCUT2D eigenvalue weighted by Crippen LogP contribution is 2.23. The van der Waals surface area contributed by atoms with Gasteiger partial charge in [0.2, 0.25) is 0 Å². The summed E-state index contributed by atoms with van der Waals surface area (Å²) in [5.41, 5.74) is 1.82. The second kappa shape index (κ2) is 7.08. The quantitative estimate of drug-likeness (QED) is 0.764. The van der Waals surface area contributed by atoms with Crippen LogP contribution in [-0.4, -0.2) is 56.5 Å². The van der Waals surface area contributed by atoms with Crippen LogP contribution in [0.3, 0.4) is 0 Å². The highest BCUT2D eigenvalue weighted by molar-refractivity contribution is 5.85. The summed E-state index contributed by atoms with van der Waals surface area (Å²) >= 11 is 0. The van der Waals surface area contributed by atoms with Gasteiger partial charge in [-0.2, -0.15) is 10.1 Å².